The van der Waals surface area contributed by atoms with Crippen LogP contribution >= 0.6 is 0 Å². The molecule has 1 fully saturated rings. The molecule has 0 bridgehead atoms. The summed E-state index contributed by atoms with van der Waals surface area (Å²) in [6.45, 7) is 4.73. The maximum absolute atomic E-state index is 12.6. The van der Waals surface area contributed by atoms with Crippen molar-refractivity contribution >= 4 is 17.9 Å². The van der Waals surface area contributed by atoms with Gasteiger partial charge in [-0.25, -0.2) is 0 Å². The van der Waals surface area contributed by atoms with Crippen LogP contribution in [-0.2, 0) is 11.3 Å². The molecule has 2 aromatic carbocycles. The third kappa shape index (κ3) is 4.88. The van der Waals surface area contributed by atoms with Gasteiger partial charge in [0.05, 0.1) is 6.61 Å². The number of carbonyl (C=O) groups is 2. The maximum atomic E-state index is 12.6. The van der Waals surface area contributed by atoms with Gasteiger partial charge < -0.3 is 15.0 Å². The number of ether oxygens (including phenoxy) is 1. The van der Waals surface area contributed by atoms with Crippen molar-refractivity contribution in [3.8, 4) is 5.75 Å². The third-order valence-corrected chi connectivity index (χ3v) is 4.99. The highest BCUT2D eigenvalue weighted by Crippen LogP contribution is 2.24. The average molecular weight is 366 g/mol. The van der Waals surface area contributed by atoms with Gasteiger partial charge in [-0.2, -0.15) is 0 Å². The first-order chi connectivity index (χ1) is 13.2. The van der Waals surface area contributed by atoms with Gasteiger partial charge >= 0.3 is 0 Å². The molecule has 1 amide bonds. The fourth-order valence-electron chi connectivity index (χ4n) is 3.44. The standard InChI is InChI=1S/C22H26N2O3/c1-2-27-21-6-4-3-5-19(21)15-23-22(26)18-11-13-24(14-12-18)20-9-7-17(16-25)8-10-20/h3-10,16,18H,2,11-15H2,1H3,(H,23,26). The monoisotopic (exact) mass is 366 g/mol. The Morgan fingerprint density at radius 2 is 1.85 bits per heavy atom. The average Bonchev–Trinajstić information content (AvgIpc) is 2.73. The second-order valence-corrected chi connectivity index (χ2v) is 6.73. The first-order valence-corrected chi connectivity index (χ1v) is 9.50. The molecule has 1 aliphatic rings. The van der Waals surface area contributed by atoms with E-state index in [-0.39, 0.29) is 11.8 Å². The zero-order valence-electron chi connectivity index (χ0n) is 15.7. The number of hydrogen-bond donors (Lipinski definition) is 1. The number of aldehydes is 1. The van der Waals surface area contributed by atoms with E-state index in [2.05, 4.69) is 10.2 Å². The fourth-order valence-corrected chi connectivity index (χ4v) is 3.44. The van der Waals surface area contributed by atoms with Crippen LogP contribution in [0.15, 0.2) is 48.5 Å². The number of amides is 1. The van der Waals surface area contributed by atoms with E-state index in [0.29, 0.717) is 18.7 Å². The van der Waals surface area contributed by atoms with Crippen LogP contribution < -0.4 is 15.0 Å². The summed E-state index contributed by atoms with van der Waals surface area (Å²) in [5, 5.41) is 3.06. The second kappa shape index (κ2) is 9.21. The van der Waals surface area contributed by atoms with Crippen LogP contribution in [0, 0.1) is 5.92 Å². The van der Waals surface area contributed by atoms with E-state index >= 15 is 0 Å². The Labute approximate surface area is 160 Å². The van der Waals surface area contributed by atoms with Crippen molar-refractivity contribution < 1.29 is 14.3 Å². The fraction of sp³-hybridized carbons (Fsp3) is 0.364. The molecule has 142 valence electrons. The first-order valence-electron chi connectivity index (χ1n) is 9.50. The summed E-state index contributed by atoms with van der Waals surface area (Å²) in [5.74, 6) is 0.973. The van der Waals surface area contributed by atoms with Crippen molar-refractivity contribution in [1.29, 1.82) is 0 Å². The molecule has 1 saturated heterocycles. The Morgan fingerprint density at radius 3 is 2.52 bits per heavy atom. The maximum Gasteiger partial charge on any atom is 0.223 e. The van der Waals surface area contributed by atoms with Crippen LogP contribution in [0.5, 0.6) is 5.75 Å². The molecule has 1 N–H and O–H groups in total. The van der Waals surface area contributed by atoms with E-state index in [4.69, 9.17) is 4.74 Å². The van der Waals surface area contributed by atoms with Crippen molar-refractivity contribution in [2.24, 2.45) is 5.92 Å². The number of benzene rings is 2. The number of piperidine rings is 1. The number of carbonyl (C=O) groups excluding carboxylic acids is 2. The molecule has 0 unspecified atom stereocenters. The normalized spacial score (nSPS) is 14.6. The molecule has 27 heavy (non-hydrogen) atoms. The largest absolute Gasteiger partial charge is 0.494 e. The molecule has 0 atom stereocenters. The minimum atomic E-state index is 0.0368. The highest BCUT2D eigenvalue weighted by Gasteiger charge is 2.25. The minimum absolute atomic E-state index is 0.0368. The number of hydrogen-bond acceptors (Lipinski definition) is 4. The Hall–Kier alpha value is -2.82. The van der Waals surface area contributed by atoms with Gasteiger partial charge in [0, 0.05) is 42.4 Å². The minimum Gasteiger partial charge on any atom is -0.494 e. The van der Waals surface area contributed by atoms with E-state index in [1.807, 2.05) is 55.5 Å². The molecule has 0 spiro atoms. The molecule has 5 heteroatoms. The quantitative estimate of drug-likeness (QED) is 0.763. The molecule has 0 aliphatic carbocycles. The zero-order valence-corrected chi connectivity index (χ0v) is 15.7. The highest BCUT2D eigenvalue weighted by atomic mass is 16.5. The van der Waals surface area contributed by atoms with Crippen LogP contribution in [-0.4, -0.2) is 31.9 Å². The predicted molar refractivity (Wildman–Crippen MR) is 106 cm³/mol. The van der Waals surface area contributed by atoms with E-state index in [0.717, 1.165) is 49.2 Å². The summed E-state index contributed by atoms with van der Waals surface area (Å²) in [6, 6.07) is 15.4. The lowest BCUT2D eigenvalue weighted by Gasteiger charge is -2.33. The van der Waals surface area contributed by atoms with E-state index < -0.39 is 0 Å². The van der Waals surface area contributed by atoms with Gasteiger partial charge in [-0.05, 0) is 50.1 Å². The molecule has 1 aliphatic heterocycles. The molecule has 0 aromatic heterocycles. The molecule has 0 saturated carbocycles. The lowest BCUT2D eigenvalue weighted by atomic mass is 9.95. The van der Waals surface area contributed by atoms with Crippen molar-refractivity contribution in [3.63, 3.8) is 0 Å². The van der Waals surface area contributed by atoms with Gasteiger partial charge in [0.1, 0.15) is 12.0 Å². The third-order valence-electron chi connectivity index (χ3n) is 4.99. The second-order valence-electron chi connectivity index (χ2n) is 6.73. The molecular formula is C22H26N2O3. The van der Waals surface area contributed by atoms with E-state index in [1.54, 1.807) is 0 Å². The predicted octanol–water partition coefficient (Wildman–Crippen LogP) is 3.43. The van der Waals surface area contributed by atoms with Gasteiger partial charge in [-0.1, -0.05) is 18.2 Å². The van der Waals surface area contributed by atoms with Crippen molar-refractivity contribution in [1.82, 2.24) is 5.32 Å². The molecule has 1 heterocycles. The summed E-state index contributed by atoms with van der Waals surface area (Å²) in [5.41, 5.74) is 2.78. The first kappa shape index (κ1) is 19.0. The smallest absolute Gasteiger partial charge is 0.223 e. The molecule has 0 radical (unpaired) electrons. The van der Waals surface area contributed by atoms with Crippen LogP contribution in [0.25, 0.3) is 0 Å². The Morgan fingerprint density at radius 1 is 1.15 bits per heavy atom. The summed E-state index contributed by atoms with van der Waals surface area (Å²) in [6.07, 6.45) is 2.51. The van der Waals surface area contributed by atoms with Crippen molar-refractivity contribution in [2.75, 3.05) is 24.6 Å². The molecule has 3 rings (SSSR count). The van der Waals surface area contributed by atoms with E-state index in [9.17, 15) is 9.59 Å². The summed E-state index contributed by atoms with van der Waals surface area (Å²) in [4.78, 5) is 25.6. The van der Waals surface area contributed by atoms with Gasteiger partial charge in [0.15, 0.2) is 0 Å². The number of rotatable bonds is 7. The summed E-state index contributed by atoms with van der Waals surface area (Å²) >= 11 is 0. The summed E-state index contributed by atoms with van der Waals surface area (Å²) < 4.78 is 5.61. The summed E-state index contributed by atoms with van der Waals surface area (Å²) in [7, 11) is 0. The SMILES string of the molecule is CCOc1ccccc1CNC(=O)C1CCN(c2ccc(C=O)cc2)CC1. The lowest BCUT2D eigenvalue weighted by Crippen LogP contribution is -2.40. The van der Waals surface area contributed by atoms with Gasteiger partial charge in [-0.3, -0.25) is 9.59 Å². The molecule has 5 nitrogen and oxygen atoms in total. The Balaban J connectivity index is 1.50. The van der Waals surface area contributed by atoms with Gasteiger partial charge in [0.25, 0.3) is 0 Å². The van der Waals surface area contributed by atoms with Crippen molar-refractivity contribution in [3.05, 3.63) is 59.7 Å². The Kier molecular flexibility index (Phi) is 6.47. The molecule has 2 aromatic rings. The van der Waals surface area contributed by atoms with Crippen LogP contribution in [0.1, 0.15) is 35.7 Å². The van der Waals surface area contributed by atoms with Crippen LogP contribution in [0.2, 0.25) is 0 Å². The number of nitrogens with zero attached hydrogens (tertiary/aromatic N) is 1. The lowest BCUT2D eigenvalue weighted by molar-refractivity contribution is -0.125. The number of anilines is 1. The topological polar surface area (TPSA) is 58.6 Å². The number of nitrogens with one attached hydrogen (secondary N) is 1. The highest BCUT2D eigenvalue weighted by molar-refractivity contribution is 5.79. The Bertz CT molecular complexity index is 765. The zero-order chi connectivity index (χ0) is 19.1. The molecular weight excluding hydrogens is 340 g/mol. The van der Waals surface area contributed by atoms with Crippen molar-refractivity contribution in [2.45, 2.75) is 26.3 Å². The van der Waals surface area contributed by atoms with Crippen LogP contribution in [0.3, 0.4) is 0 Å². The number of para-hydroxylation sites is 1. The van der Waals surface area contributed by atoms with Crippen LogP contribution in [0.4, 0.5) is 5.69 Å². The van der Waals surface area contributed by atoms with Gasteiger partial charge in [-0.15, -0.1) is 0 Å². The van der Waals surface area contributed by atoms with E-state index in [1.165, 1.54) is 0 Å². The van der Waals surface area contributed by atoms with Gasteiger partial charge in [0.2, 0.25) is 5.91 Å².